The van der Waals surface area contributed by atoms with Crippen molar-refractivity contribution in [1.29, 1.82) is 0 Å². The fraction of sp³-hybridized carbons (Fsp3) is 0.643. The molecule has 2 heterocycles. The minimum atomic E-state index is -0.443. The molecule has 0 bridgehead atoms. The monoisotopic (exact) mass is 293 g/mol. The highest BCUT2D eigenvalue weighted by Gasteiger charge is 2.36. The number of amides is 2. The molecule has 1 saturated carbocycles. The largest absolute Gasteiger partial charge is 0.365 e. The normalized spacial score (nSPS) is 23.4. The number of primary amides is 1. The smallest absolute Gasteiger partial charge is 0.260 e. The number of likely N-dealkylation sites (tertiary alicyclic amines) is 1. The summed E-state index contributed by atoms with van der Waals surface area (Å²) >= 11 is 1.33. The number of thiazole rings is 1. The van der Waals surface area contributed by atoms with E-state index in [0.717, 1.165) is 50.1 Å². The molecule has 3 rings (SSSR count). The molecule has 1 aliphatic carbocycles. The molecule has 20 heavy (non-hydrogen) atoms. The van der Waals surface area contributed by atoms with Crippen molar-refractivity contribution in [1.82, 2.24) is 9.88 Å². The Bertz CT molecular complexity index is 524. The first kappa shape index (κ1) is 13.5. The Balaban J connectivity index is 1.80. The van der Waals surface area contributed by atoms with Crippen LogP contribution in [0, 0.1) is 5.92 Å². The number of hydrogen-bond donors (Lipinski definition) is 1. The average Bonchev–Trinajstić information content (AvgIpc) is 2.86. The number of carbonyl (C=O) groups excluding carboxylic acids is 2. The van der Waals surface area contributed by atoms with Crippen molar-refractivity contribution < 1.29 is 9.59 Å². The fourth-order valence-electron chi connectivity index (χ4n) is 2.90. The van der Waals surface area contributed by atoms with Crippen molar-refractivity contribution in [2.24, 2.45) is 11.7 Å². The molecule has 0 radical (unpaired) electrons. The van der Waals surface area contributed by atoms with Crippen LogP contribution in [0.1, 0.15) is 59.2 Å². The molecule has 6 heteroatoms. The number of hydrogen-bond acceptors (Lipinski definition) is 4. The maximum Gasteiger partial charge on any atom is 0.260 e. The summed E-state index contributed by atoms with van der Waals surface area (Å²) in [6.45, 7) is 0.811. The Morgan fingerprint density at radius 1 is 1.25 bits per heavy atom. The average molecular weight is 293 g/mol. The first-order valence-corrected chi connectivity index (χ1v) is 8.04. The second kappa shape index (κ2) is 5.52. The third-order valence-electron chi connectivity index (χ3n) is 4.29. The van der Waals surface area contributed by atoms with Crippen LogP contribution in [0.15, 0.2) is 6.20 Å². The molecule has 108 valence electrons. The summed E-state index contributed by atoms with van der Waals surface area (Å²) in [6, 6.07) is 0.0370. The van der Waals surface area contributed by atoms with Gasteiger partial charge in [-0.15, -0.1) is 11.3 Å². The molecule has 1 unspecified atom stereocenters. The lowest BCUT2D eigenvalue weighted by Crippen LogP contribution is -2.43. The van der Waals surface area contributed by atoms with Gasteiger partial charge in [0.25, 0.3) is 5.91 Å². The molecule has 2 aliphatic rings. The Morgan fingerprint density at radius 3 is 2.65 bits per heavy atom. The van der Waals surface area contributed by atoms with Gasteiger partial charge < -0.3 is 10.6 Å². The quantitative estimate of drug-likeness (QED) is 0.927. The summed E-state index contributed by atoms with van der Waals surface area (Å²) in [6.07, 6.45) is 7.83. The number of rotatable bonds is 3. The maximum absolute atomic E-state index is 12.5. The summed E-state index contributed by atoms with van der Waals surface area (Å²) in [5.74, 6) is 0.0457. The van der Waals surface area contributed by atoms with Crippen molar-refractivity contribution in [2.75, 3.05) is 6.54 Å². The molecule has 2 amide bonds. The Morgan fingerprint density at radius 2 is 2.05 bits per heavy atom. The van der Waals surface area contributed by atoms with Gasteiger partial charge in [-0.05, 0) is 32.1 Å². The van der Waals surface area contributed by atoms with Gasteiger partial charge in [-0.3, -0.25) is 9.59 Å². The van der Waals surface area contributed by atoms with Gasteiger partial charge in [-0.25, -0.2) is 4.98 Å². The van der Waals surface area contributed by atoms with Crippen LogP contribution in [0.2, 0.25) is 0 Å². The van der Waals surface area contributed by atoms with Crippen molar-refractivity contribution in [3.63, 3.8) is 0 Å². The fourth-order valence-corrected chi connectivity index (χ4v) is 3.82. The van der Waals surface area contributed by atoms with Gasteiger partial charge in [0.2, 0.25) is 5.91 Å². The standard InChI is InChI=1S/C14H19N3O2S/c15-12(18)11-8-16-13(20-11)10-6-1-2-7-17(10)14(19)9-4-3-5-9/h8-10H,1-7H2,(H2,15,18). The number of nitrogens with zero attached hydrogens (tertiary/aromatic N) is 2. The molecule has 1 aromatic rings. The van der Waals surface area contributed by atoms with Gasteiger partial charge in [-0.2, -0.15) is 0 Å². The predicted molar refractivity (Wildman–Crippen MR) is 76.3 cm³/mol. The van der Waals surface area contributed by atoms with Crippen LogP contribution < -0.4 is 5.73 Å². The van der Waals surface area contributed by atoms with E-state index in [-0.39, 0.29) is 17.9 Å². The van der Waals surface area contributed by atoms with E-state index in [9.17, 15) is 9.59 Å². The van der Waals surface area contributed by atoms with Crippen LogP contribution in [0.25, 0.3) is 0 Å². The molecule has 0 aromatic carbocycles. The zero-order valence-electron chi connectivity index (χ0n) is 11.4. The highest BCUT2D eigenvalue weighted by molar-refractivity contribution is 7.13. The molecule has 1 aromatic heterocycles. The first-order chi connectivity index (χ1) is 9.66. The minimum Gasteiger partial charge on any atom is -0.365 e. The van der Waals surface area contributed by atoms with Crippen LogP contribution in [0.4, 0.5) is 0 Å². The molecular formula is C14H19N3O2S. The third kappa shape index (κ3) is 2.44. The van der Waals surface area contributed by atoms with Crippen LogP contribution in [-0.2, 0) is 4.79 Å². The van der Waals surface area contributed by atoms with E-state index in [1.54, 1.807) is 0 Å². The van der Waals surface area contributed by atoms with Crippen molar-refractivity contribution in [3.05, 3.63) is 16.1 Å². The second-order valence-corrected chi connectivity index (χ2v) is 6.66. The lowest BCUT2D eigenvalue weighted by atomic mass is 9.83. The van der Waals surface area contributed by atoms with E-state index in [4.69, 9.17) is 5.73 Å². The molecule has 2 fully saturated rings. The Hall–Kier alpha value is -1.43. The SMILES string of the molecule is NC(=O)c1cnc(C2CCCCN2C(=O)C2CCC2)s1. The summed E-state index contributed by atoms with van der Waals surface area (Å²) in [4.78, 5) is 30.5. The van der Waals surface area contributed by atoms with E-state index < -0.39 is 5.91 Å². The van der Waals surface area contributed by atoms with Crippen LogP contribution in [0.3, 0.4) is 0 Å². The van der Waals surface area contributed by atoms with Crippen LogP contribution >= 0.6 is 11.3 Å². The summed E-state index contributed by atoms with van der Waals surface area (Å²) in [5, 5.41) is 0.853. The molecule has 5 nitrogen and oxygen atoms in total. The highest BCUT2D eigenvalue weighted by atomic mass is 32.1. The molecule has 1 atom stereocenters. The van der Waals surface area contributed by atoms with Gasteiger partial charge in [0.05, 0.1) is 12.2 Å². The molecule has 1 aliphatic heterocycles. The zero-order chi connectivity index (χ0) is 14.1. The van der Waals surface area contributed by atoms with E-state index in [0.29, 0.717) is 4.88 Å². The number of carbonyl (C=O) groups is 2. The Kier molecular flexibility index (Phi) is 3.74. The van der Waals surface area contributed by atoms with Gasteiger partial charge in [0.15, 0.2) is 0 Å². The predicted octanol–water partition coefficient (Wildman–Crippen LogP) is 2.10. The van der Waals surface area contributed by atoms with E-state index in [1.165, 1.54) is 17.5 Å². The van der Waals surface area contributed by atoms with Crippen molar-refractivity contribution in [3.8, 4) is 0 Å². The zero-order valence-corrected chi connectivity index (χ0v) is 12.2. The number of aromatic nitrogens is 1. The number of nitrogens with two attached hydrogens (primary N) is 1. The van der Waals surface area contributed by atoms with Crippen molar-refractivity contribution in [2.45, 2.75) is 44.6 Å². The van der Waals surface area contributed by atoms with Gasteiger partial charge in [0.1, 0.15) is 9.88 Å². The molecule has 0 spiro atoms. The van der Waals surface area contributed by atoms with Crippen molar-refractivity contribution >= 4 is 23.2 Å². The summed E-state index contributed by atoms with van der Waals surface area (Å²) < 4.78 is 0. The minimum absolute atomic E-state index is 0.0370. The molecule has 2 N–H and O–H groups in total. The van der Waals surface area contributed by atoms with Crippen LogP contribution in [0.5, 0.6) is 0 Å². The van der Waals surface area contributed by atoms with E-state index in [1.807, 2.05) is 4.90 Å². The molecule has 1 saturated heterocycles. The first-order valence-electron chi connectivity index (χ1n) is 7.23. The third-order valence-corrected chi connectivity index (χ3v) is 5.40. The lowest BCUT2D eigenvalue weighted by molar-refractivity contribution is -0.142. The highest BCUT2D eigenvalue weighted by Crippen LogP contribution is 2.37. The summed E-state index contributed by atoms with van der Waals surface area (Å²) in [5.41, 5.74) is 5.28. The maximum atomic E-state index is 12.5. The second-order valence-electron chi connectivity index (χ2n) is 5.60. The number of piperidine rings is 1. The van der Waals surface area contributed by atoms with E-state index in [2.05, 4.69) is 4.98 Å². The van der Waals surface area contributed by atoms with Gasteiger partial charge in [0, 0.05) is 12.5 Å². The summed E-state index contributed by atoms with van der Waals surface area (Å²) in [7, 11) is 0. The van der Waals surface area contributed by atoms with Gasteiger partial charge in [-0.1, -0.05) is 6.42 Å². The van der Waals surface area contributed by atoms with Crippen LogP contribution in [-0.4, -0.2) is 28.2 Å². The Labute approximate surface area is 122 Å². The van der Waals surface area contributed by atoms with E-state index >= 15 is 0 Å². The van der Waals surface area contributed by atoms with Gasteiger partial charge >= 0.3 is 0 Å². The lowest BCUT2D eigenvalue weighted by Gasteiger charge is -2.39. The molecular weight excluding hydrogens is 274 g/mol. The topological polar surface area (TPSA) is 76.3 Å².